The van der Waals surface area contributed by atoms with Crippen LogP contribution < -0.4 is 5.32 Å². The molecule has 3 rings (SSSR count). The van der Waals surface area contributed by atoms with Crippen LogP contribution in [0.25, 0.3) is 6.08 Å². The third-order valence-electron chi connectivity index (χ3n) is 5.33. The summed E-state index contributed by atoms with van der Waals surface area (Å²) in [6.07, 6.45) is 7.45. The van der Waals surface area contributed by atoms with E-state index < -0.39 is 0 Å². The molecular formula is C22H28N4O2. The standard InChI is InChI=1S/C22H28N4O2/c1-3-17(2)26-20(11-14-23-26)24-22(28)19-12-15-25(16-13-19)21(27)10-9-18-7-5-4-6-8-18/h4-11,14,17,19H,3,12-13,15-16H2,1-2H3,(H,24,28)/b10-9+. The van der Waals surface area contributed by atoms with E-state index in [9.17, 15) is 9.59 Å². The molecule has 2 aromatic rings. The third kappa shape index (κ3) is 4.88. The number of carbonyl (C=O) groups is 2. The van der Waals surface area contributed by atoms with E-state index in [2.05, 4.69) is 24.3 Å². The summed E-state index contributed by atoms with van der Waals surface area (Å²) in [4.78, 5) is 26.8. The van der Waals surface area contributed by atoms with Gasteiger partial charge in [-0.1, -0.05) is 37.3 Å². The lowest BCUT2D eigenvalue weighted by Crippen LogP contribution is -2.41. The molecule has 2 heterocycles. The number of nitrogens with one attached hydrogen (secondary N) is 1. The quantitative estimate of drug-likeness (QED) is 0.776. The fraction of sp³-hybridized carbons (Fsp3) is 0.409. The van der Waals surface area contributed by atoms with Crippen LogP contribution in [0.5, 0.6) is 0 Å². The van der Waals surface area contributed by atoms with Crippen molar-refractivity contribution in [2.75, 3.05) is 18.4 Å². The van der Waals surface area contributed by atoms with Crippen molar-refractivity contribution < 1.29 is 9.59 Å². The third-order valence-corrected chi connectivity index (χ3v) is 5.33. The minimum absolute atomic E-state index is 0.00226. The molecule has 1 atom stereocenters. The first-order valence-corrected chi connectivity index (χ1v) is 9.95. The van der Waals surface area contributed by atoms with Gasteiger partial charge >= 0.3 is 0 Å². The zero-order chi connectivity index (χ0) is 19.9. The number of hydrogen-bond donors (Lipinski definition) is 1. The maximum Gasteiger partial charge on any atom is 0.246 e. The topological polar surface area (TPSA) is 67.2 Å². The Kier molecular flexibility index (Phi) is 6.63. The second-order valence-corrected chi connectivity index (χ2v) is 7.25. The van der Waals surface area contributed by atoms with Crippen molar-refractivity contribution in [3.05, 3.63) is 54.2 Å². The van der Waals surface area contributed by atoms with Gasteiger partial charge in [0.1, 0.15) is 5.82 Å². The highest BCUT2D eigenvalue weighted by Crippen LogP contribution is 2.22. The Labute approximate surface area is 166 Å². The van der Waals surface area contributed by atoms with Gasteiger partial charge < -0.3 is 10.2 Å². The zero-order valence-corrected chi connectivity index (χ0v) is 16.5. The van der Waals surface area contributed by atoms with E-state index in [4.69, 9.17) is 0 Å². The van der Waals surface area contributed by atoms with Crippen molar-refractivity contribution in [3.63, 3.8) is 0 Å². The molecule has 148 valence electrons. The minimum atomic E-state index is -0.0811. The van der Waals surface area contributed by atoms with E-state index in [0.29, 0.717) is 25.9 Å². The number of amides is 2. The van der Waals surface area contributed by atoms with Crippen molar-refractivity contribution in [2.24, 2.45) is 5.92 Å². The Hall–Kier alpha value is -2.89. The lowest BCUT2D eigenvalue weighted by atomic mass is 9.96. The summed E-state index contributed by atoms with van der Waals surface area (Å²) >= 11 is 0. The lowest BCUT2D eigenvalue weighted by molar-refractivity contribution is -0.130. The smallest absolute Gasteiger partial charge is 0.246 e. The van der Waals surface area contributed by atoms with Crippen LogP contribution in [-0.2, 0) is 9.59 Å². The van der Waals surface area contributed by atoms with Crippen molar-refractivity contribution in [3.8, 4) is 0 Å². The fourth-order valence-electron chi connectivity index (χ4n) is 3.36. The summed E-state index contributed by atoms with van der Waals surface area (Å²) in [6, 6.07) is 11.8. The Morgan fingerprint density at radius 3 is 2.61 bits per heavy atom. The molecule has 6 nitrogen and oxygen atoms in total. The van der Waals surface area contributed by atoms with Gasteiger partial charge in [0, 0.05) is 31.1 Å². The number of anilines is 1. The number of likely N-dealkylation sites (tertiary alicyclic amines) is 1. The second kappa shape index (κ2) is 9.35. The van der Waals surface area contributed by atoms with Gasteiger partial charge in [0.15, 0.2) is 0 Å². The summed E-state index contributed by atoms with van der Waals surface area (Å²) < 4.78 is 1.85. The average molecular weight is 380 g/mol. The maximum absolute atomic E-state index is 12.6. The predicted octanol–water partition coefficient (Wildman–Crippen LogP) is 3.74. The molecule has 28 heavy (non-hydrogen) atoms. The van der Waals surface area contributed by atoms with Crippen LogP contribution in [0.1, 0.15) is 44.7 Å². The highest BCUT2D eigenvalue weighted by atomic mass is 16.2. The predicted molar refractivity (Wildman–Crippen MR) is 111 cm³/mol. The summed E-state index contributed by atoms with van der Waals surface area (Å²) in [5.41, 5.74) is 1.00. The van der Waals surface area contributed by atoms with Gasteiger partial charge in [0.25, 0.3) is 0 Å². The van der Waals surface area contributed by atoms with E-state index in [1.165, 1.54) is 0 Å². The first-order valence-electron chi connectivity index (χ1n) is 9.95. The van der Waals surface area contributed by atoms with Crippen molar-refractivity contribution in [1.82, 2.24) is 14.7 Å². The molecule has 1 N–H and O–H groups in total. The summed E-state index contributed by atoms with van der Waals surface area (Å²) in [5.74, 6) is 0.667. The van der Waals surface area contributed by atoms with Gasteiger partial charge in [0.05, 0.1) is 12.2 Å². The number of hydrogen-bond acceptors (Lipinski definition) is 3. The van der Waals surface area contributed by atoms with Gasteiger partial charge in [0.2, 0.25) is 11.8 Å². The number of piperidine rings is 1. The first kappa shape index (κ1) is 19.9. The number of aromatic nitrogens is 2. The Morgan fingerprint density at radius 2 is 1.93 bits per heavy atom. The number of carbonyl (C=O) groups excluding carboxylic acids is 2. The molecule has 0 radical (unpaired) electrons. The summed E-state index contributed by atoms with van der Waals surface area (Å²) in [7, 11) is 0. The number of benzene rings is 1. The number of nitrogens with zero attached hydrogens (tertiary/aromatic N) is 3. The first-order chi connectivity index (χ1) is 13.6. The van der Waals surface area contributed by atoms with Crippen LogP contribution in [0.15, 0.2) is 48.7 Å². The van der Waals surface area contributed by atoms with Gasteiger partial charge in [-0.05, 0) is 37.8 Å². The Bertz CT molecular complexity index is 820. The molecule has 0 spiro atoms. The van der Waals surface area contributed by atoms with E-state index in [1.54, 1.807) is 12.3 Å². The highest BCUT2D eigenvalue weighted by molar-refractivity contribution is 5.93. The number of rotatable bonds is 6. The van der Waals surface area contributed by atoms with E-state index >= 15 is 0 Å². The molecule has 0 bridgehead atoms. The largest absolute Gasteiger partial charge is 0.339 e. The fourth-order valence-corrected chi connectivity index (χ4v) is 3.36. The van der Waals surface area contributed by atoms with Crippen molar-refractivity contribution >= 4 is 23.7 Å². The normalized spacial score (nSPS) is 16.3. The summed E-state index contributed by atoms with van der Waals surface area (Å²) in [6.45, 7) is 5.37. The summed E-state index contributed by atoms with van der Waals surface area (Å²) in [5, 5.41) is 7.32. The Balaban J connectivity index is 1.51. The molecular weight excluding hydrogens is 352 g/mol. The van der Waals surface area contributed by atoms with Gasteiger partial charge in [-0.2, -0.15) is 5.10 Å². The molecule has 1 aliphatic heterocycles. The molecule has 1 fully saturated rings. The SMILES string of the molecule is CCC(C)n1nccc1NC(=O)C1CCN(C(=O)/C=C/c2ccccc2)CC1. The van der Waals surface area contributed by atoms with Crippen LogP contribution in [0.3, 0.4) is 0 Å². The minimum Gasteiger partial charge on any atom is -0.339 e. The molecule has 1 unspecified atom stereocenters. The maximum atomic E-state index is 12.6. The monoisotopic (exact) mass is 380 g/mol. The molecule has 1 saturated heterocycles. The highest BCUT2D eigenvalue weighted by Gasteiger charge is 2.27. The molecule has 0 aliphatic carbocycles. The van der Waals surface area contributed by atoms with Gasteiger partial charge in [-0.25, -0.2) is 4.68 Å². The van der Waals surface area contributed by atoms with E-state index in [0.717, 1.165) is 17.8 Å². The second-order valence-electron chi connectivity index (χ2n) is 7.25. The van der Waals surface area contributed by atoms with Crippen LogP contribution >= 0.6 is 0 Å². The molecule has 0 saturated carbocycles. The molecule has 1 aromatic heterocycles. The van der Waals surface area contributed by atoms with Crippen LogP contribution in [0, 0.1) is 5.92 Å². The zero-order valence-electron chi connectivity index (χ0n) is 16.5. The van der Waals surface area contributed by atoms with Crippen molar-refractivity contribution in [1.29, 1.82) is 0 Å². The average Bonchev–Trinajstić information content (AvgIpc) is 3.20. The van der Waals surface area contributed by atoms with Gasteiger partial charge in [-0.15, -0.1) is 0 Å². The van der Waals surface area contributed by atoms with Crippen LogP contribution in [0.2, 0.25) is 0 Å². The van der Waals surface area contributed by atoms with E-state index in [-0.39, 0.29) is 23.8 Å². The molecule has 1 aliphatic rings. The molecule has 6 heteroatoms. The van der Waals surface area contributed by atoms with Crippen LogP contribution in [0.4, 0.5) is 5.82 Å². The lowest BCUT2D eigenvalue weighted by Gasteiger charge is -2.30. The molecule has 1 aromatic carbocycles. The Morgan fingerprint density at radius 1 is 1.21 bits per heavy atom. The van der Waals surface area contributed by atoms with Gasteiger partial charge in [-0.3, -0.25) is 9.59 Å². The molecule has 2 amide bonds. The van der Waals surface area contributed by atoms with Crippen LogP contribution in [-0.4, -0.2) is 39.6 Å². The van der Waals surface area contributed by atoms with Crippen molar-refractivity contribution in [2.45, 2.75) is 39.2 Å². The van der Waals surface area contributed by atoms with E-state index in [1.807, 2.05) is 52.1 Å².